The van der Waals surface area contributed by atoms with E-state index in [2.05, 4.69) is 0 Å². The Kier molecular flexibility index (Phi) is 5.66. The summed E-state index contributed by atoms with van der Waals surface area (Å²) in [6, 6.07) is 0. The highest BCUT2D eigenvalue weighted by Crippen LogP contribution is 2.20. The highest BCUT2D eigenvalue weighted by Gasteiger charge is 2.19. The highest BCUT2D eigenvalue weighted by atomic mass is 16.5. The smallest absolute Gasteiger partial charge is 0.303 e. The Labute approximate surface area is 78.2 Å². The zero-order valence-electron chi connectivity index (χ0n) is 8.10. The van der Waals surface area contributed by atoms with Crippen LogP contribution in [0.3, 0.4) is 0 Å². The zero-order valence-corrected chi connectivity index (χ0v) is 8.10. The van der Waals surface area contributed by atoms with E-state index in [0.717, 1.165) is 0 Å². The lowest BCUT2D eigenvalue weighted by Crippen LogP contribution is -2.22. The molecular weight excluding hydrogens is 172 g/mol. The molecule has 0 aliphatic carbocycles. The Balaban J connectivity index is 3.86. The monoisotopic (exact) mass is 190 g/mol. The molecule has 0 aromatic carbocycles. The number of hydrogen-bond acceptors (Lipinski definition) is 3. The van der Waals surface area contributed by atoms with Crippen molar-refractivity contribution in [3.05, 3.63) is 0 Å². The van der Waals surface area contributed by atoms with Gasteiger partial charge >= 0.3 is 5.97 Å². The Hall–Kier alpha value is -0.610. The molecule has 4 nitrogen and oxygen atoms in total. The molecule has 0 aliphatic heterocycles. The van der Waals surface area contributed by atoms with Crippen LogP contribution in [0.15, 0.2) is 0 Å². The minimum Gasteiger partial charge on any atom is -0.481 e. The third kappa shape index (κ3) is 5.60. The molecule has 4 heteroatoms. The molecular formula is C9H18O4. The van der Waals surface area contributed by atoms with E-state index in [1.807, 2.05) is 6.92 Å². The van der Waals surface area contributed by atoms with Crippen molar-refractivity contribution in [3.63, 3.8) is 0 Å². The van der Waals surface area contributed by atoms with E-state index in [4.69, 9.17) is 15.3 Å². The van der Waals surface area contributed by atoms with Crippen molar-refractivity contribution >= 4 is 5.97 Å². The molecule has 0 aliphatic rings. The molecule has 0 saturated heterocycles. The first-order chi connectivity index (χ1) is 5.97. The second kappa shape index (κ2) is 5.94. The first-order valence-corrected chi connectivity index (χ1v) is 4.55. The van der Waals surface area contributed by atoms with Crippen molar-refractivity contribution in [2.24, 2.45) is 11.8 Å². The number of carboxylic acid groups (broad SMARTS) is 1. The lowest BCUT2D eigenvalue weighted by molar-refractivity contribution is -0.138. The average Bonchev–Trinajstić information content (AvgIpc) is 1.98. The maximum atomic E-state index is 10.3. The second-order valence-electron chi connectivity index (χ2n) is 3.52. The van der Waals surface area contributed by atoms with Crippen LogP contribution in [0.2, 0.25) is 0 Å². The minimum absolute atomic E-state index is 0.00995. The summed E-state index contributed by atoms with van der Waals surface area (Å²) in [5.74, 6) is -1.06. The molecule has 2 atom stereocenters. The Morgan fingerprint density at radius 3 is 2.23 bits per heavy atom. The normalized spacial score (nSPS) is 15.8. The summed E-state index contributed by atoms with van der Waals surface area (Å²) < 4.78 is 0. The summed E-state index contributed by atoms with van der Waals surface area (Å²) in [7, 11) is 0. The van der Waals surface area contributed by atoms with Gasteiger partial charge < -0.3 is 15.3 Å². The quantitative estimate of drug-likeness (QED) is 0.542. The predicted octanol–water partition coefficient (Wildman–Crippen LogP) is 0.824. The fourth-order valence-electron chi connectivity index (χ4n) is 1.40. The van der Waals surface area contributed by atoms with E-state index in [0.29, 0.717) is 12.8 Å². The lowest BCUT2D eigenvalue weighted by Gasteiger charge is -2.19. The lowest BCUT2D eigenvalue weighted by atomic mass is 9.91. The van der Waals surface area contributed by atoms with Gasteiger partial charge in [-0.25, -0.2) is 0 Å². The maximum absolute atomic E-state index is 10.3. The van der Waals surface area contributed by atoms with Crippen molar-refractivity contribution in [3.8, 4) is 0 Å². The highest BCUT2D eigenvalue weighted by molar-refractivity contribution is 5.66. The van der Waals surface area contributed by atoms with Crippen molar-refractivity contribution in [2.75, 3.05) is 0 Å². The van der Waals surface area contributed by atoms with Gasteiger partial charge in [-0.3, -0.25) is 4.79 Å². The van der Waals surface area contributed by atoms with Crippen LogP contribution in [0.1, 0.15) is 33.1 Å². The summed E-state index contributed by atoms with van der Waals surface area (Å²) in [4.78, 5) is 10.3. The summed E-state index contributed by atoms with van der Waals surface area (Å²) in [5.41, 5.74) is 0. The van der Waals surface area contributed by atoms with E-state index in [9.17, 15) is 4.79 Å². The Morgan fingerprint density at radius 1 is 1.38 bits per heavy atom. The van der Waals surface area contributed by atoms with Crippen LogP contribution in [0.5, 0.6) is 0 Å². The fourth-order valence-corrected chi connectivity index (χ4v) is 1.40. The first-order valence-electron chi connectivity index (χ1n) is 4.55. The summed E-state index contributed by atoms with van der Waals surface area (Å²) in [6.07, 6.45) is -0.0491. The molecule has 0 aromatic rings. The van der Waals surface area contributed by atoms with Gasteiger partial charge in [0.05, 0.1) is 0 Å². The molecule has 2 unspecified atom stereocenters. The van der Waals surface area contributed by atoms with Crippen molar-refractivity contribution in [2.45, 2.75) is 39.4 Å². The van der Waals surface area contributed by atoms with Gasteiger partial charge in [-0.15, -0.1) is 0 Å². The van der Waals surface area contributed by atoms with E-state index in [-0.39, 0.29) is 18.3 Å². The Morgan fingerprint density at radius 2 is 1.92 bits per heavy atom. The van der Waals surface area contributed by atoms with E-state index >= 15 is 0 Å². The van der Waals surface area contributed by atoms with Gasteiger partial charge in [0.25, 0.3) is 0 Å². The van der Waals surface area contributed by atoms with Gasteiger partial charge in [-0.05, 0) is 18.8 Å². The van der Waals surface area contributed by atoms with Crippen LogP contribution in [-0.4, -0.2) is 27.6 Å². The van der Waals surface area contributed by atoms with Crippen molar-refractivity contribution in [1.29, 1.82) is 0 Å². The molecule has 3 N–H and O–H groups in total. The number of aliphatic carboxylic acids is 1. The second-order valence-corrected chi connectivity index (χ2v) is 3.52. The van der Waals surface area contributed by atoms with Crippen LogP contribution >= 0.6 is 0 Å². The summed E-state index contributed by atoms with van der Waals surface area (Å²) in [5, 5.41) is 26.3. The maximum Gasteiger partial charge on any atom is 0.303 e. The largest absolute Gasteiger partial charge is 0.481 e. The molecule has 78 valence electrons. The number of aliphatic hydroxyl groups excluding tert-OH is 1. The van der Waals surface area contributed by atoms with Gasteiger partial charge in [-0.1, -0.05) is 13.8 Å². The third-order valence-corrected chi connectivity index (χ3v) is 2.17. The van der Waals surface area contributed by atoms with Crippen LogP contribution < -0.4 is 0 Å². The Bertz CT molecular complexity index is 156. The van der Waals surface area contributed by atoms with Crippen molar-refractivity contribution in [1.82, 2.24) is 0 Å². The fraction of sp³-hybridized carbons (Fsp3) is 0.889. The van der Waals surface area contributed by atoms with Gasteiger partial charge in [-0.2, -0.15) is 0 Å². The van der Waals surface area contributed by atoms with Crippen LogP contribution in [0.4, 0.5) is 0 Å². The van der Waals surface area contributed by atoms with E-state index in [1.165, 1.54) is 0 Å². The molecule has 0 fully saturated rings. The number of hydrogen-bond donors (Lipinski definition) is 3. The van der Waals surface area contributed by atoms with Gasteiger partial charge in [0.2, 0.25) is 0 Å². The van der Waals surface area contributed by atoms with Gasteiger partial charge in [0.15, 0.2) is 6.29 Å². The van der Waals surface area contributed by atoms with E-state index < -0.39 is 12.3 Å². The zero-order chi connectivity index (χ0) is 10.4. The predicted molar refractivity (Wildman–Crippen MR) is 48.0 cm³/mol. The SMILES string of the molecule is CCC(CC(C)CC(=O)O)C(O)O. The number of aliphatic hydroxyl groups is 2. The molecule has 0 bridgehead atoms. The number of carboxylic acids is 1. The molecule has 0 aromatic heterocycles. The molecule has 0 spiro atoms. The molecule has 0 amide bonds. The molecule has 0 saturated carbocycles. The molecule has 0 heterocycles. The van der Waals surface area contributed by atoms with Crippen LogP contribution in [0.25, 0.3) is 0 Å². The average molecular weight is 190 g/mol. The number of carbonyl (C=O) groups is 1. The molecule has 0 rings (SSSR count). The topological polar surface area (TPSA) is 77.8 Å². The third-order valence-electron chi connectivity index (χ3n) is 2.17. The molecule has 13 heavy (non-hydrogen) atoms. The van der Waals surface area contributed by atoms with Gasteiger partial charge in [0.1, 0.15) is 0 Å². The summed E-state index contributed by atoms with van der Waals surface area (Å²) in [6.45, 7) is 3.66. The molecule has 0 radical (unpaired) electrons. The minimum atomic E-state index is -1.33. The number of rotatable bonds is 6. The van der Waals surface area contributed by atoms with Gasteiger partial charge in [0, 0.05) is 12.3 Å². The summed E-state index contributed by atoms with van der Waals surface area (Å²) >= 11 is 0. The first kappa shape index (κ1) is 12.4. The van der Waals surface area contributed by atoms with Crippen molar-refractivity contribution < 1.29 is 20.1 Å². The van der Waals surface area contributed by atoms with E-state index in [1.54, 1.807) is 6.92 Å². The van der Waals surface area contributed by atoms with Crippen LogP contribution in [-0.2, 0) is 4.79 Å². The standard InChI is InChI=1S/C9H18O4/c1-3-7(9(12)13)4-6(2)5-8(10)11/h6-7,9,12-13H,3-5H2,1-2H3,(H,10,11). The van der Waals surface area contributed by atoms with Crippen LogP contribution in [0, 0.1) is 11.8 Å².